The standard InChI is InChI=1S/C26H26N2O6S/c1-4-33-20-8-6-17(12-22(20)32-3)13-23-25(30)28(26(31)35-23)10-9-27-24(29)14-18-15-34-21-11-16(2)5-7-19(18)21/h5-8,11-13,15H,4,9-10,14H2,1-3H3,(H,27,29)/b23-13-. The van der Waals surface area contributed by atoms with Crippen LogP contribution < -0.4 is 14.8 Å². The molecule has 8 nitrogen and oxygen atoms in total. The highest BCUT2D eigenvalue weighted by Crippen LogP contribution is 2.34. The topological polar surface area (TPSA) is 98.1 Å². The molecule has 1 N–H and O–H groups in total. The van der Waals surface area contributed by atoms with Gasteiger partial charge in [-0.2, -0.15) is 0 Å². The molecular weight excluding hydrogens is 468 g/mol. The van der Waals surface area contributed by atoms with Gasteiger partial charge < -0.3 is 19.2 Å². The van der Waals surface area contributed by atoms with E-state index in [1.807, 2.05) is 32.0 Å². The van der Waals surface area contributed by atoms with Gasteiger partial charge in [0.25, 0.3) is 11.1 Å². The van der Waals surface area contributed by atoms with Crippen molar-refractivity contribution in [3.63, 3.8) is 0 Å². The van der Waals surface area contributed by atoms with Crippen molar-refractivity contribution in [1.29, 1.82) is 0 Å². The second kappa shape index (κ2) is 10.7. The maximum absolute atomic E-state index is 12.8. The third-order valence-electron chi connectivity index (χ3n) is 5.48. The number of methoxy groups -OCH3 is 1. The molecule has 3 amide bonds. The van der Waals surface area contributed by atoms with Crippen LogP contribution in [-0.2, 0) is 16.0 Å². The third-order valence-corrected chi connectivity index (χ3v) is 6.39. The van der Waals surface area contributed by atoms with Gasteiger partial charge in [-0.25, -0.2) is 0 Å². The number of nitrogens with zero attached hydrogens (tertiary/aromatic N) is 1. The molecule has 4 rings (SSSR count). The number of amides is 3. The lowest BCUT2D eigenvalue weighted by molar-refractivity contribution is -0.124. The van der Waals surface area contributed by atoms with Gasteiger partial charge in [-0.3, -0.25) is 19.3 Å². The second-order valence-electron chi connectivity index (χ2n) is 7.96. The average Bonchev–Trinajstić information content (AvgIpc) is 3.34. The predicted octanol–water partition coefficient (Wildman–Crippen LogP) is 4.54. The summed E-state index contributed by atoms with van der Waals surface area (Å²) in [6, 6.07) is 11.1. The zero-order valence-corrected chi connectivity index (χ0v) is 20.6. The molecule has 9 heteroatoms. The Hall–Kier alpha value is -3.72. The van der Waals surface area contributed by atoms with Crippen LogP contribution in [0, 0.1) is 6.92 Å². The Morgan fingerprint density at radius 1 is 1.17 bits per heavy atom. The molecule has 2 aromatic carbocycles. The number of imide groups is 1. The van der Waals surface area contributed by atoms with Crippen LogP contribution in [0.15, 0.2) is 52.0 Å². The number of carbonyl (C=O) groups excluding carboxylic acids is 3. The molecule has 1 saturated heterocycles. The number of aryl methyl sites for hydroxylation is 1. The Bertz CT molecular complexity index is 1310. The van der Waals surface area contributed by atoms with Crippen molar-refractivity contribution in [2.24, 2.45) is 0 Å². The number of benzene rings is 2. The number of nitrogens with one attached hydrogen (secondary N) is 1. The Labute approximate surface area is 207 Å². The molecule has 1 fully saturated rings. The maximum atomic E-state index is 12.8. The van der Waals surface area contributed by atoms with Crippen molar-refractivity contribution in [3.8, 4) is 11.5 Å². The van der Waals surface area contributed by atoms with E-state index in [2.05, 4.69) is 5.32 Å². The van der Waals surface area contributed by atoms with E-state index in [1.165, 1.54) is 0 Å². The zero-order valence-electron chi connectivity index (χ0n) is 19.8. The minimum absolute atomic E-state index is 0.0890. The summed E-state index contributed by atoms with van der Waals surface area (Å²) in [5.41, 5.74) is 3.32. The Morgan fingerprint density at radius 2 is 2.00 bits per heavy atom. The van der Waals surface area contributed by atoms with Gasteiger partial charge in [-0.05, 0) is 61.0 Å². The first-order valence-electron chi connectivity index (χ1n) is 11.2. The number of furan rings is 1. The lowest BCUT2D eigenvalue weighted by Gasteiger charge is -2.13. The molecule has 1 aliphatic heterocycles. The molecule has 2 heterocycles. The van der Waals surface area contributed by atoms with Crippen LogP contribution in [0.1, 0.15) is 23.6 Å². The smallest absolute Gasteiger partial charge is 0.293 e. The fourth-order valence-corrected chi connectivity index (χ4v) is 4.63. The van der Waals surface area contributed by atoms with Gasteiger partial charge >= 0.3 is 0 Å². The number of rotatable bonds is 9. The van der Waals surface area contributed by atoms with Crippen molar-refractivity contribution in [1.82, 2.24) is 10.2 Å². The fraction of sp³-hybridized carbons (Fsp3) is 0.269. The molecule has 3 aromatic rings. The summed E-state index contributed by atoms with van der Waals surface area (Å²) >= 11 is 0.871. The lowest BCUT2D eigenvalue weighted by Crippen LogP contribution is -2.37. The van der Waals surface area contributed by atoms with Gasteiger partial charge in [0.1, 0.15) is 5.58 Å². The molecule has 35 heavy (non-hydrogen) atoms. The minimum atomic E-state index is -0.390. The Kier molecular flexibility index (Phi) is 7.45. The van der Waals surface area contributed by atoms with E-state index in [4.69, 9.17) is 13.9 Å². The quantitative estimate of drug-likeness (QED) is 0.436. The second-order valence-corrected chi connectivity index (χ2v) is 8.96. The molecule has 182 valence electrons. The highest BCUT2D eigenvalue weighted by molar-refractivity contribution is 8.18. The van der Waals surface area contributed by atoms with Crippen molar-refractivity contribution in [2.45, 2.75) is 20.3 Å². The highest BCUT2D eigenvalue weighted by atomic mass is 32.2. The first kappa shape index (κ1) is 24.4. The number of ether oxygens (including phenoxy) is 2. The van der Waals surface area contributed by atoms with E-state index < -0.39 is 5.91 Å². The summed E-state index contributed by atoms with van der Waals surface area (Å²) in [5, 5.41) is 3.30. The average molecular weight is 495 g/mol. The highest BCUT2D eigenvalue weighted by Gasteiger charge is 2.34. The number of thioether (sulfide) groups is 1. The van der Waals surface area contributed by atoms with E-state index in [9.17, 15) is 14.4 Å². The lowest BCUT2D eigenvalue weighted by atomic mass is 10.1. The van der Waals surface area contributed by atoms with Crippen LogP contribution in [0.4, 0.5) is 4.79 Å². The van der Waals surface area contributed by atoms with E-state index in [-0.39, 0.29) is 30.7 Å². The third kappa shape index (κ3) is 5.51. The molecule has 0 spiro atoms. The first-order valence-corrected chi connectivity index (χ1v) is 12.0. The first-order chi connectivity index (χ1) is 16.9. The number of hydrogen-bond donors (Lipinski definition) is 1. The van der Waals surface area contributed by atoms with Crippen molar-refractivity contribution in [2.75, 3.05) is 26.8 Å². The number of carbonyl (C=O) groups is 3. The van der Waals surface area contributed by atoms with E-state index in [0.29, 0.717) is 28.6 Å². The predicted molar refractivity (Wildman–Crippen MR) is 135 cm³/mol. The van der Waals surface area contributed by atoms with Crippen molar-refractivity contribution < 1.29 is 28.3 Å². The molecule has 1 aliphatic rings. The van der Waals surface area contributed by atoms with Gasteiger partial charge in [-0.15, -0.1) is 0 Å². The monoisotopic (exact) mass is 494 g/mol. The van der Waals surface area contributed by atoms with Crippen LogP contribution in [0.25, 0.3) is 17.0 Å². The van der Waals surface area contributed by atoms with Crippen LogP contribution in [0.5, 0.6) is 11.5 Å². The summed E-state index contributed by atoms with van der Waals surface area (Å²) in [6.07, 6.45) is 3.38. The van der Waals surface area contributed by atoms with E-state index in [1.54, 1.807) is 37.6 Å². The molecule has 0 saturated carbocycles. The summed E-state index contributed by atoms with van der Waals surface area (Å²) in [5.74, 6) is 0.549. The molecule has 1 aromatic heterocycles. The van der Waals surface area contributed by atoms with Gasteiger partial charge in [0.2, 0.25) is 5.91 Å². The molecular formula is C26H26N2O6S. The summed E-state index contributed by atoms with van der Waals surface area (Å²) in [7, 11) is 1.54. The van der Waals surface area contributed by atoms with E-state index >= 15 is 0 Å². The van der Waals surface area contributed by atoms with Crippen LogP contribution in [0.3, 0.4) is 0 Å². The molecule has 0 bridgehead atoms. The van der Waals surface area contributed by atoms with Gasteiger partial charge in [0.15, 0.2) is 11.5 Å². The molecule has 0 radical (unpaired) electrons. The molecule has 0 atom stereocenters. The van der Waals surface area contributed by atoms with Crippen LogP contribution >= 0.6 is 11.8 Å². The van der Waals surface area contributed by atoms with Gasteiger partial charge in [0.05, 0.1) is 31.3 Å². The SMILES string of the molecule is CCOc1ccc(/C=C2\SC(=O)N(CCNC(=O)Cc3coc4cc(C)ccc34)C2=O)cc1OC. The van der Waals surface area contributed by atoms with Crippen LogP contribution in [-0.4, -0.2) is 48.8 Å². The van der Waals surface area contributed by atoms with Crippen molar-refractivity contribution in [3.05, 3.63) is 64.3 Å². The molecule has 0 unspecified atom stereocenters. The number of fused-ring (bicyclic) bond motifs is 1. The maximum Gasteiger partial charge on any atom is 0.293 e. The largest absolute Gasteiger partial charge is 0.493 e. The number of hydrogen-bond acceptors (Lipinski definition) is 7. The normalized spacial score (nSPS) is 14.7. The van der Waals surface area contributed by atoms with Crippen LogP contribution in [0.2, 0.25) is 0 Å². The Balaban J connectivity index is 1.34. The zero-order chi connectivity index (χ0) is 24.9. The van der Waals surface area contributed by atoms with Gasteiger partial charge in [-0.1, -0.05) is 18.2 Å². The minimum Gasteiger partial charge on any atom is -0.493 e. The Morgan fingerprint density at radius 3 is 2.77 bits per heavy atom. The summed E-state index contributed by atoms with van der Waals surface area (Å²) in [6.45, 7) is 4.61. The summed E-state index contributed by atoms with van der Waals surface area (Å²) < 4.78 is 16.4. The van der Waals surface area contributed by atoms with E-state index in [0.717, 1.165) is 38.8 Å². The fourth-order valence-electron chi connectivity index (χ4n) is 3.76. The molecule has 0 aliphatic carbocycles. The van der Waals surface area contributed by atoms with Gasteiger partial charge in [0, 0.05) is 24.0 Å². The summed E-state index contributed by atoms with van der Waals surface area (Å²) in [4.78, 5) is 39.1. The van der Waals surface area contributed by atoms with Crippen molar-refractivity contribution >= 4 is 45.9 Å².